The van der Waals surface area contributed by atoms with E-state index in [0.717, 1.165) is 22.4 Å². The first-order valence-corrected chi connectivity index (χ1v) is 7.79. The molecule has 0 bridgehead atoms. The van der Waals surface area contributed by atoms with Crippen LogP contribution in [0.1, 0.15) is 46.0 Å². The van der Waals surface area contributed by atoms with Crippen LogP contribution in [0.3, 0.4) is 0 Å². The first-order chi connectivity index (χ1) is 9.22. The molecule has 0 saturated heterocycles. The van der Waals surface area contributed by atoms with E-state index in [1.807, 2.05) is 25.1 Å². The van der Waals surface area contributed by atoms with E-state index < -0.39 is 0 Å². The molecule has 2 unspecified atom stereocenters. The van der Waals surface area contributed by atoms with Crippen LogP contribution in [0.2, 0.25) is 5.02 Å². The number of hydrogen-bond donors (Lipinski definition) is 1. The molecule has 1 aromatic carbocycles. The summed E-state index contributed by atoms with van der Waals surface area (Å²) in [4.78, 5) is 0. The SMILES string of the molecule is CCOc1ccc(Cl)cc1NC1CCCC(CC)C1. The van der Waals surface area contributed by atoms with Gasteiger partial charge in [0.2, 0.25) is 0 Å². The van der Waals surface area contributed by atoms with E-state index in [-0.39, 0.29) is 0 Å². The molecule has 1 aliphatic rings. The Hall–Kier alpha value is -0.890. The van der Waals surface area contributed by atoms with E-state index >= 15 is 0 Å². The molecular formula is C16H24ClNO. The molecule has 0 aromatic heterocycles. The van der Waals surface area contributed by atoms with Gasteiger partial charge in [0, 0.05) is 11.1 Å². The van der Waals surface area contributed by atoms with Gasteiger partial charge in [-0.05, 0) is 43.9 Å². The molecule has 2 atom stereocenters. The summed E-state index contributed by atoms with van der Waals surface area (Å²) in [6, 6.07) is 6.36. The molecule has 2 rings (SSSR count). The van der Waals surface area contributed by atoms with Crippen molar-refractivity contribution < 1.29 is 4.74 Å². The Morgan fingerprint density at radius 1 is 1.32 bits per heavy atom. The van der Waals surface area contributed by atoms with Crippen LogP contribution in [0.5, 0.6) is 5.75 Å². The fraction of sp³-hybridized carbons (Fsp3) is 0.625. The maximum absolute atomic E-state index is 6.10. The quantitative estimate of drug-likeness (QED) is 0.809. The monoisotopic (exact) mass is 281 g/mol. The number of rotatable bonds is 5. The Morgan fingerprint density at radius 2 is 2.16 bits per heavy atom. The minimum Gasteiger partial charge on any atom is -0.492 e. The molecule has 106 valence electrons. The van der Waals surface area contributed by atoms with E-state index in [9.17, 15) is 0 Å². The molecule has 1 N–H and O–H groups in total. The third-order valence-corrected chi connectivity index (χ3v) is 4.20. The molecule has 0 heterocycles. The number of nitrogens with one attached hydrogen (secondary N) is 1. The minimum atomic E-state index is 0.552. The van der Waals surface area contributed by atoms with Gasteiger partial charge in [-0.1, -0.05) is 37.8 Å². The standard InChI is InChI=1S/C16H24ClNO/c1-3-12-6-5-7-14(10-12)18-15-11-13(17)8-9-16(15)19-4-2/h8-9,11-12,14,18H,3-7,10H2,1-2H3. The number of halogens is 1. The summed E-state index contributed by atoms with van der Waals surface area (Å²) >= 11 is 6.10. The Balaban J connectivity index is 2.06. The molecule has 0 spiro atoms. The van der Waals surface area contributed by atoms with Gasteiger partial charge in [-0.15, -0.1) is 0 Å². The average Bonchev–Trinajstić information content (AvgIpc) is 2.42. The highest BCUT2D eigenvalue weighted by Gasteiger charge is 2.21. The third kappa shape index (κ3) is 4.04. The predicted molar refractivity (Wildman–Crippen MR) is 82.3 cm³/mol. The van der Waals surface area contributed by atoms with Gasteiger partial charge in [-0.2, -0.15) is 0 Å². The van der Waals surface area contributed by atoms with Crippen LogP contribution < -0.4 is 10.1 Å². The van der Waals surface area contributed by atoms with Gasteiger partial charge in [0.1, 0.15) is 5.75 Å². The zero-order valence-electron chi connectivity index (χ0n) is 11.9. The molecule has 19 heavy (non-hydrogen) atoms. The second-order valence-electron chi connectivity index (χ2n) is 5.36. The van der Waals surface area contributed by atoms with Crippen molar-refractivity contribution in [3.8, 4) is 5.75 Å². The topological polar surface area (TPSA) is 21.3 Å². The Morgan fingerprint density at radius 3 is 2.89 bits per heavy atom. The second-order valence-corrected chi connectivity index (χ2v) is 5.79. The van der Waals surface area contributed by atoms with Crippen LogP contribution in [0, 0.1) is 5.92 Å². The van der Waals surface area contributed by atoms with Crippen molar-refractivity contribution >= 4 is 17.3 Å². The molecule has 0 aliphatic heterocycles. The highest BCUT2D eigenvalue weighted by Crippen LogP contribution is 2.33. The highest BCUT2D eigenvalue weighted by atomic mass is 35.5. The van der Waals surface area contributed by atoms with E-state index in [1.165, 1.54) is 32.1 Å². The van der Waals surface area contributed by atoms with Crippen molar-refractivity contribution in [2.45, 2.75) is 52.0 Å². The largest absolute Gasteiger partial charge is 0.492 e. The highest BCUT2D eigenvalue weighted by molar-refractivity contribution is 6.30. The molecule has 1 saturated carbocycles. The molecule has 0 amide bonds. The van der Waals surface area contributed by atoms with Gasteiger partial charge in [0.05, 0.1) is 12.3 Å². The summed E-state index contributed by atoms with van der Waals surface area (Å²) in [6.45, 7) is 4.97. The summed E-state index contributed by atoms with van der Waals surface area (Å²) in [7, 11) is 0. The second kappa shape index (κ2) is 7.04. The zero-order valence-corrected chi connectivity index (χ0v) is 12.7. The van der Waals surface area contributed by atoms with Crippen molar-refractivity contribution in [3.63, 3.8) is 0 Å². The number of benzene rings is 1. The van der Waals surface area contributed by atoms with Crippen molar-refractivity contribution in [3.05, 3.63) is 23.2 Å². The first kappa shape index (κ1) is 14.5. The molecule has 1 fully saturated rings. The number of anilines is 1. The maximum Gasteiger partial charge on any atom is 0.142 e. The van der Waals surface area contributed by atoms with Gasteiger partial charge < -0.3 is 10.1 Å². The molecule has 1 aromatic rings. The van der Waals surface area contributed by atoms with Crippen LogP contribution in [0.4, 0.5) is 5.69 Å². The average molecular weight is 282 g/mol. The number of hydrogen-bond acceptors (Lipinski definition) is 2. The van der Waals surface area contributed by atoms with Gasteiger partial charge in [0.25, 0.3) is 0 Å². The van der Waals surface area contributed by atoms with Crippen molar-refractivity contribution in [2.75, 3.05) is 11.9 Å². The van der Waals surface area contributed by atoms with Crippen LogP contribution in [-0.4, -0.2) is 12.6 Å². The van der Waals surface area contributed by atoms with Gasteiger partial charge in [0.15, 0.2) is 0 Å². The van der Waals surface area contributed by atoms with E-state index in [0.29, 0.717) is 12.6 Å². The van der Waals surface area contributed by atoms with Crippen LogP contribution >= 0.6 is 11.6 Å². The lowest BCUT2D eigenvalue weighted by molar-refractivity contribution is 0.323. The summed E-state index contributed by atoms with van der Waals surface area (Å²) in [5.41, 5.74) is 1.04. The molecular weight excluding hydrogens is 258 g/mol. The van der Waals surface area contributed by atoms with Crippen LogP contribution in [0.25, 0.3) is 0 Å². The summed E-state index contributed by atoms with van der Waals surface area (Å²) in [5, 5.41) is 4.39. The van der Waals surface area contributed by atoms with Crippen LogP contribution in [-0.2, 0) is 0 Å². The lowest BCUT2D eigenvalue weighted by Gasteiger charge is -2.30. The summed E-state index contributed by atoms with van der Waals surface area (Å²) in [5.74, 6) is 1.77. The molecule has 3 heteroatoms. The normalized spacial score (nSPS) is 23.1. The van der Waals surface area contributed by atoms with E-state index in [4.69, 9.17) is 16.3 Å². The smallest absolute Gasteiger partial charge is 0.142 e. The Bertz CT molecular complexity index is 408. The maximum atomic E-state index is 6.10. The van der Waals surface area contributed by atoms with Crippen molar-refractivity contribution in [2.24, 2.45) is 5.92 Å². The lowest BCUT2D eigenvalue weighted by Crippen LogP contribution is -2.27. The predicted octanol–water partition coefficient (Wildman–Crippen LogP) is 5.12. The van der Waals surface area contributed by atoms with Gasteiger partial charge in [-0.3, -0.25) is 0 Å². The van der Waals surface area contributed by atoms with Gasteiger partial charge >= 0.3 is 0 Å². The Labute approximate surface area is 121 Å². The first-order valence-electron chi connectivity index (χ1n) is 7.41. The van der Waals surface area contributed by atoms with Crippen molar-refractivity contribution in [1.82, 2.24) is 0 Å². The van der Waals surface area contributed by atoms with E-state index in [2.05, 4.69) is 12.2 Å². The summed E-state index contributed by atoms with van der Waals surface area (Å²) in [6.07, 6.45) is 6.48. The lowest BCUT2D eigenvalue weighted by atomic mass is 9.84. The third-order valence-electron chi connectivity index (χ3n) is 3.96. The minimum absolute atomic E-state index is 0.552. The fourth-order valence-corrected chi connectivity index (χ4v) is 3.08. The summed E-state index contributed by atoms with van der Waals surface area (Å²) < 4.78 is 5.67. The number of ether oxygens (including phenoxy) is 1. The molecule has 2 nitrogen and oxygen atoms in total. The van der Waals surface area contributed by atoms with Gasteiger partial charge in [-0.25, -0.2) is 0 Å². The zero-order chi connectivity index (χ0) is 13.7. The molecule has 0 radical (unpaired) electrons. The fourth-order valence-electron chi connectivity index (χ4n) is 2.91. The van der Waals surface area contributed by atoms with Crippen LogP contribution in [0.15, 0.2) is 18.2 Å². The Kier molecular flexibility index (Phi) is 5.38. The van der Waals surface area contributed by atoms with E-state index in [1.54, 1.807) is 0 Å². The van der Waals surface area contributed by atoms with Crippen molar-refractivity contribution in [1.29, 1.82) is 0 Å². The molecule has 1 aliphatic carbocycles.